The number of nitrogens with zero attached hydrogens (tertiary/aromatic N) is 3. The summed E-state index contributed by atoms with van der Waals surface area (Å²) in [7, 11) is 0. The van der Waals surface area contributed by atoms with Gasteiger partial charge in [-0.25, -0.2) is 0 Å². The molecular weight excluding hydrogens is 311 g/mol. The smallest absolute Gasteiger partial charge is 0.416 e. The number of aliphatic hydroxyl groups is 1. The van der Waals surface area contributed by atoms with E-state index < -0.39 is 23.9 Å². The van der Waals surface area contributed by atoms with Crippen LogP contribution in [0, 0.1) is 6.92 Å². The molecule has 1 saturated heterocycles. The van der Waals surface area contributed by atoms with Crippen molar-refractivity contribution in [3.8, 4) is 0 Å². The fourth-order valence-electron chi connectivity index (χ4n) is 3.00. The van der Waals surface area contributed by atoms with E-state index in [0.717, 1.165) is 6.07 Å². The average molecular weight is 327 g/mol. The quantitative estimate of drug-likeness (QED) is 0.939. The Morgan fingerprint density at radius 1 is 1.30 bits per heavy atom. The highest BCUT2D eigenvalue weighted by atomic mass is 19.4. The first-order valence-electron chi connectivity index (χ1n) is 7.22. The number of hydrogen-bond acceptors (Lipinski definition) is 5. The monoisotopic (exact) mass is 327 g/mol. The number of β-amino-alcohol motifs (C(OH)–C–C–N with tert-alkyl or cyclic N) is 1. The van der Waals surface area contributed by atoms with Crippen LogP contribution >= 0.6 is 0 Å². The lowest BCUT2D eigenvalue weighted by molar-refractivity contribution is -0.138. The summed E-state index contributed by atoms with van der Waals surface area (Å²) >= 11 is 0. The molecule has 1 aromatic carbocycles. The van der Waals surface area contributed by atoms with Crippen LogP contribution in [0.25, 0.3) is 0 Å². The third kappa shape index (κ3) is 3.37. The molecule has 5 nitrogen and oxygen atoms in total. The summed E-state index contributed by atoms with van der Waals surface area (Å²) in [6.07, 6.45) is -4.89. The van der Waals surface area contributed by atoms with Gasteiger partial charge in [-0.05, 0) is 18.1 Å². The maximum atomic E-state index is 13.2. The first-order valence-corrected chi connectivity index (χ1v) is 7.22. The van der Waals surface area contributed by atoms with E-state index in [9.17, 15) is 18.3 Å². The van der Waals surface area contributed by atoms with Crippen molar-refractivity contribution in [3.63, 3.8) is 0 Å². The van der Waals surface area contributed by atoms with Gasteiger partial charge < -0.3 is 9.52 Å². The summed E-state index contributed by atoms with van der Waals surface area (Å²) in [6.45, 7) is 2.11. The third-order valence-corrected chi connectivity index (χ3v) is 3.91. The molecular formula is C15H16F3N3O2. The van der Waals surface area contributed by atoms with E-state index in [0.29, 0.717) is 11.8 Å². The Hall–Kier alpha value is -1.93. The Morgan fingerprint density at radius 2 is 2.04 bits per heavy atom. The van der Waals surface area contributed by atoms with Gasteiger partial charge in [0.05, 0.1) is 18.2 Å². The second kappa shape index (κ2) is 5.93. The van der Waals surface area contributed by atoms with Crippen molar-refractivity contribution in [1.29, 1.82) is 0 Å². The Morgan fingerprint density at radius 3 is 2.70 bits per heavy atom. The fraction of sp³-hybridized carbons (Fsp3) is 0.467. The molecule has 0 aliphatic carbocycles. The van der Waals surface area contributed by atoms with Gasteiger partial charge >= 0.3 is 6.18 Å². The maximum absolute atomic E-state index is 13.2. The van der Waals surface area contributed by atoms with Crippen molar-refractivity contribution in [2.45, 2.75) is 38.2 Å². The van der Waals surface area contributed by atoms with Crippen molar-refractivity contribution in [2.24, 2.45) is 0 Å². The SMILES string of the molecule is Cc1nnc(CN2C[C@H](O)C[C@H]2c2ccccc2C(F)(F)F)o1. The molecule has 0 saturated carbocycles. The van der Waals surface area contributed by atoms with Crippen LogP contribution < -0.4 is 0 Å². The van der Waals surface area contributed by atoms with Crippen molar-refractivity contribution >= 4 is 0 Å². The van der Waals surface area contributed by atoms with E-state index in [1.54, 1.807) is 17.9 Å². The van der Waals surface area contributed by atoms with E-state index >= 15 is 0 Å². The molecule has 0 spiro atoms. The fourth-order valence-corrected chi connectivity index (χ4v) is 3.00. The molecule has 3 rings (SSSR count). The molecule has 0 unspecified atom stereocenters. The Balaban J connectivity index is 1.91. The molecule has 8 heteroatoms. The minimum absolute atomic E-state index is 0.160. The second-order valence-electron chi connectivity index (χ2n) is 5.63. The Kier molecular flexibility index (Phi) is 4.11. The van der Waals surface area contributed by atoms with Gasteiger partial charge in [-0.1, -0.05) is 18.2 Å². The van der Waals surface area contributed by atoms with E-state index in [1.165, 1.54) is 12.1 Å². The van der Waals surface area contributed by atoms with Crippen LogP contribution in [0.4, 0.5) is 13.2 Å². The number of hydrogen-bond donors (Lipinski definition) is 1. The summed E-state index contributed by atoms with van der Waals surface area (Å²) in [5.74, 6) is 0.720. The molecule has 2 heterocycles. The van der Waals surface area contributed by atoms with Gasteiger partial charge in [0.25, 0.3) is 0 Å². The zero-order valence-electron chi connectivity index (χ0n) is 12.4. The van der Waals surface area contributed by atoms with E-state index in [1.807, 2.05) is 0 Å². The van der Waals surface area contributed by atoms with Crippen molar-refractivity contribution < 1.29 is 22.7 Å². The first-order chi connectivity index (χ1) is 10.8. The Labute approximate surface area is 130 Å². The number of alkyl halides is 3. The van der Waals surface area contributed by atoms with Gasteiger partial charge in [0.2, 0.25) is 11.8 Å². The number of likely N-dealkylation sites (tertiary alicyclic amines) is 1. The van der Waals surface area contributed by atoms with Crippen molar-refractivity contribution in [3.05, 3.63) is 47.2 Å². The lowest BCUT2D eigenvalue weighted by Gasteiger charge is -2.25. The maximum Gasteiger partial charge on any atom is 0.416 e. The standard InChI is InChI=1S/C15H16F3N3O2/c1-9-19-20-14(23-9)8-21-7-10(22)6-13(21)11-4-2-3-5-12(11)15(16,17)18/h2-5,10,13,22H,6-8H2,1H3/t10-,13+/m1/s1. The highest BCUT2D eigenvalue weighted by molar-refractivity contribution is 5.33. The second-order valence-corrected chi connectivity index (χ2v) is 5.63. The molecule has 124 valence electrons. The van der Waals surface area contributed by atoms with E-state index in [2.05, 4.69) is 10.2 Å². The molecule has 1 N–H and O–H groups in total. The van der Waals surface area contributed by atoms with Crippen LogP contribution in [0.15, 0.2) is 28.7 Å². The minimum atomic E-state index is -4.43. The lowest BCUT2D eigenvalue weighted by Crippen LogP contribution is -2.26. The van der Waals surface area contributed by atoms with Crippen LogP contribution in [0.5, 0.6) is 0 Å². The predicted molar refractivity (Wildman–Crippen MR) is 74.3 cm³/mol. The molecule has 2 aromatic rings. The highest BCUT2D eigenvalue weighted by Gasteiger charge is 2.40. The number of benzene rings is 1. The van der Waals surface area contributed by atoms with Crippen LogP contribution in [0.3, 0.4) is 0 Å². The van der Waals surface area contributed by atoms with Gasteiger partial charge in [0.15, 0.2) is 0 Å². The van der Waals surface area contributed by atoms with Gasteiger partial charge in [0.1, 0.15) is 0 Å². The average Bonchev–Trinajstić information content (AvgIpc) is 3.04. The zero-order chi connectivity index (χ0) is 16.6. The van der Waals surface area contributed by atoms with Crippen LogP contribution in [-0.4, -0.2) is 32.9 Å². The van der Waals surface area contributed by atoms with E-state index in [4.69, 9.17) is 4.42 Å². The third-order valence-electron chi connectivity index (χ3n) is 3.91. The molecule has 2 atom stereocenters. The molecule has 1 fully saturated rings. The molecule has 0 bridgehead atoms. The summed E-state index contributed by atoms with van der Waals surface area (Å²) in [4.78, 5) is 1.74. The predicted octanol–water partition coefficient (Wildman–Crippen LogP) is 2.70. The minimum Gasteiger partial charge on any atom is -0.424 e. The number of rotatable bonds is 3. The first kappa shape index (κ1) is 15.9. The zero-order valence-corrected chi connectivity index (χ0v) is 12.4. The molecule has 0 amide bonds. The Bertz CT molecular complexity index is 687. The molecule has 1 aliphatic heterocycles. The topological polar surface area (TPSA) is 62.4 Å². The molecule has 23 heavy (non-hydrogen) atoms. The largest absolute Gasteiger partial charge is 0.424 e. The van der Waals surface area contributed by atoms with Gasteiger partial charge in [-0.15, -0.1) is 10.2 Å². The van der Waals surface area contributed by atoms with E-state index in [-0.39, 0.29) is 25.1 Å². The molecule has 1 aromatic heterocycles. The van der Waals surface area contributed by atoms with Crippen LogP contribution in [-0.2, 0) is 12.7 Å². The molecule has 1 aliphatic rings. The van der Waals surface area contributed by atoms with Gasteiger partial charge in [-0.3, -0.25) is 4.90 Å². The van der Waals surface area contributed by atoms with Gasteiger partial charge in [-0.2, -0.15) is 13.2 Å². The number of aliphatic hydroxyl groups excluding tert-OH is 1. The van der Waals surface area contributed by atoms with Gasteiger partial charge in [0, 0.05) is 19.5 Å². The lowest BCUT2D eigenvalue weighted by atomic mass is 9.97. The van der Waals surface area contributed by atoms with Crippen LogP contribution in [0.2, 0.25) is 0 Å². The summed E-state index contributed by atoms with van der Waals surface area (Å²) in [5, 5.41) is 17.5. The summed E-state index contributed by atoms with van der Waals surface area (Å²) < 4.78 is 45.0. The number of aromatic nitrogens is 2. The normalized spacial score (nSPS) is 22.7. The van der Waals surface area contributed by atoms with Crippen molar-refractivity contribution in [2.75, 3.05) is 6.54 Å². The summed E-state index contributed by atoms with van der Waals surface area (Å²) in [6, 6.07) is 4.91. The number of halogens is 3. The number of aryl methyl sites for hydroxylation is 1. The van der Waals surface area contributed by atoms with Crippen LogP contribution in [0.1, 0.15) is 35.4 Å². The summed E-state index contributed by atoms with van der Waals surface area (Å²) in [5.41, 5.74) is -0.515. The molecule has 0 radical (unpaired) electrons. The van der Waals surface area contributed by atoms with Crippen molar-refractivity contribution in [1.82, 2.24) is 15.1 Å². The highest BCUT2D eigenvalue weighted by Crippen LogP contribution is 2.40.